The highest BCUT2D eigenvalue weighted by atomic mass is 79.9. The van der Waals surface area contributed by atoms with E-state index in [0.29, 0.717) is 22.5 Å². The molecule has 0 aliphatic heterocycles. The van der Waals surface area contributed by atoms with Crippen LogP contribution in [0.25, 0.3) is 0 Å². The van der Waals surface area contributed by atoms with E-state index in [-0.39, 0.29) is 0 Å². The summed E-state index contributed by atoms with van der Waals surface area (Å²) in [6.07, 6.45) is 1.34. The summed E-state index contributed by atoms with van der Waals surface area (Å²) in [4.78, 5) is 7.82. The number of rotatable bonds is 3. The number of aromatic nitrogens is 2. The molecule has 0 amide bonds. The monoisotopic (exact) mass is 314 g/mol. The summed E-state index contributed by atoms with van der Waals surface area (Å²) in [6, 6.07) is 6.87. The summed E-state index contributed by atoms with van der Waals surface area (Å²) in [7, 11) is 0. The Morgan fingerprint density at radius 3 is 2.82 bits per heavy atom. The summed E-state index contributed by atoms with van der Waals surface area (Å²) in [5, 5.41) is 0.486. The second-order valence-electron chi connectivity index (χ2n) is 3.06. The normalized spacial score (nSPS) is 10.1. The van der Waals surface area contributed by atoms with Crippen LogP contribution >= 0.6 is 27.5 Å². The molecule has 0 unspecified atom stereocenters. The Hall–Kier alpha value is -1.37. The number of hydrazine groups is 1. The van der Waals surface area contributed by atoms with E-state index in [4.69, 9.17) is 22.2 Å². The fourth-order valence-electron chi connectivity index (χ4n) is 1.14. The highest BCUT2D eigenvalue weighted by Crippen LogP contribution is 2.31. The second kappa shape index (κ2) is 5.31. The third-order valence-electron chi connectivity index (χ3n) is 1.90. The van der Waals surface area contributed by atoms with Crippen molar-refractivity contribution in [3.63, 3.8) is 0 Å². The molecule has 0 saturated heterocycles. The maximum atomic E-state index is 6.01. The number of nitrogens with zero attached hydrogens (tertiary/aromatic N) is 2. The summed E-state index contributed by atoms with van der Waals surface area (Å²) in [5.41, 5.74) is 2.41. The molecule has 1 aromatic carbocycles. The van der Waals surface area contributed by atoms with Gasteiger partial charge in [0.05, 0.1) is 5.02 Å². The number of hydrogen-bond donors (Lipinski definition) is 2. The van der Waals surface area contributed by atoms with Gasteiger partial charge >= 0.3 is 0 Å². The van der Waals surface area contributed by atoms with Gasteiger partial charge < -0.3 is 10.2 Å². The van der Waals surface area contributed by atoms with Crippen LogP contribution in [0, 0.1) is 0 Å². The molecule has 0 spiro atoms. The van der Waals surface area contributed by atoms with E-state index < -0.39 is 0 Å². The molecule has 1 aromatic heterocycles. The standard InChI is InChI=1S/C10H8BrClN4O/c11-6-1-2-8(7(12)3-6)17-10-4-9(16-13)14-5-15-10/h1-5H,13H2,(H,14,15,16). The molecule has 5 nitrogen and oxygen atoms in total. The zero-order chi connectivity index (χ0) is 12.3. The predicted octanol–water partition coefficient (Wildman–Crippen LogP) is 2.97. The molecule has 1 heterocycles. The van der Waals surface area contributed by atoms with Crippen LogP contribution in [0.3, 0.4) is 0 Å². The molecule has 0 aliphatic rings. The topological polar surface area (TPSA) is 73.1 Å². The number of halogens is 2. The maximum absolute atomic E-state index is 6.01. The third-order valence-corrected chi connectivity index (χ3v) is 2.69. The van der Waals surface area contributed by atoms with E-state index in [1.165, 1.54) is 6.33 Å². The summed E-state index contributed by atoms with van der Waals surface area (Å²) < 4.78 is 6.38. The van der Waals surface area contributed by atoms with Gasteiger partial charge in [-0.1, -0.05) is 27.5 Å². The lowest BCUT2D eigenvalue weighted by Crippen LogP contribution is -2.08. The zero-order valence-electron chi connectivity index (χ0n) is 8.52. The first-order valence-electron chi connectivity index (χ1n) is 4.60. The molecule has 0 aliphatic carbocycles. The smallest absolute Gasteiger partial charge is 0.224 e. The van der Waals surface area contributed by atoms with Crippen LogP contribution in [0.1, 0.15) is 0 Å². The molecule has 0 atom stereocenters. The minimum Gasteiger partial charge on any atom is -0.437 e. The van der Waals surface area contributed by atoms with E-state index in [1.54, 1.807) is 18.2 Å². The molecule has 0 saturated carbocycles. The van der Waals surface area contributed by atoms with Crippen LogP contribution < -0.4 is 16.0 Å². The van der Waals surface area contributed by atoms with Crippen LogP contribution in [-0.2, 0) is 0 Å². The Labute approximate surface area is 111 Å². The van der Waals surface area contributed by atoms with Gasteiger partial charge in [-0.25, -0.2) is 15.8 Å². The van der Waals surface area contributed by atoms with Crippen molar-refractivity contribution in [3.05, 3.63) is 40.1 Å². The van der Waals surface area contributed by atoms with Gasteiger partial charge in [0.25, 0.3) is 0 Å². The number of benzene rings is 1. The average Bonchev–Trinajstić information content (AvgIpc) is 2.33. The quantitative estimate of drug-likeness (QED) is 0.673. The molecule has 2 aromatic rings. The lowest BCUT2D eigenvalue weighted by molar-refractivity contribution is 0.462. The average molecular weight is 316 g/mol. The maximum Gasteiger partial charge on any atom is 0.224 e. The summed E-state index contributed by atoms with van der Waals surface area (Å²) in [5.74, 6) is 6.56. The molecule has 2 rings (SSSR count). The Kier molecular flexibility index (Phi) is 3.78. The van der Waals surface area contributed by atoms with Crippen LogP contribution in [0.4, 0.5) is 5.82 Å². The van der Waals surface area contributed by atoms with Crippen molar-refractivity contribution in [1.29, 1.82) is 0 Å². The van der Waals surface area contributed by atoms with Crippen molar-refractivity contribution < 1.29 is 4.74 Å². The molecule has 7 heteroatoms. The molecule has 0 radical (unpaired) electrons. The van der Waals surface area contributed by atoms with Gasteiger partial charge in [-0.05, 0) is 18.2 Å². The molecular formula is C10H8BrClN4O. The number of anilines is 1. The minimum absolute atomic E-state index is 0.358. The summed E-state index contributed by atoms with van der Waals surface area (Å²) in [6.45, 7) is 0. The van der Waals surface area contributed by atoms with Gasteiger partial charge in [-0.15, -0.1) is 0 Å². The first-order chi connectivity index (χ1) is 8.19. The van der Waals surface area contributed by atoms with Gasteiger partial charge in [0, 0.05) is 10.5 Å². The van der Waals surface area contributed by atoms with Crippen molar-refractivity contribution in [3.8, 4) is 11.6 Å². The van der Waals surface area contributed by atoms with Gasteiger partial charge in [0.15, 0.2) is 0 Å². The molecule has 0 fully saturated rings. The van der Waals surface area contributed by atoms with E-state index in [1.807, 2.05) is 6.07 Å². The number of nitrogens with one attached hydrogen (secondary N) is 1. The second-order valence-corrected chi connectivity index (χ2v) is 4.39. The lowest BCUT2D eigenvalue weighted by Gasteiger charge is -2.07. The molecule has 3 N–H and O–H groups in total. The fraction of sp³-hybridized carbons (Fsp3) is 0. The largest absolute Gasteiger partial charge is 0.437 e. The summed E-state index contributed by atoms with van der Waals surface area (Å²) >= 11 is 9.33. The van der Waals surface area contributed by atoms with Gasteiger partial charge in [-0.2, -0.15) is 0 Å². The molecule has 0 bridgehead atoms. The molecule has 17 heavy (non-hydrogen) atoms. The first kappa shape index (κ1) is 12.1. The molecule has 88 valence electrons. The number of ether oxygens (including phenoxy) is 1. The predicted molar refractivity (Wildman–Crippen MR) is 69.1 cm³/mol. The Bertz CT molecular complexity index is 537. The van der Waals surface area contributed by atoms with Crippen LogP contribution in [0.2, 0.25) is 5.02 Å². The molecular weight excluding hydrogens is 307 g/mol. The van der Waals surface area contributed by atoms with Crippen molar-refractivity contribution in [2.24, 2.45) is 5.84 Å². The van der Waals surface area contributed by atoms with Crippen molar-refractivity contribution in [2.75, 3.05) is 5.43 Å². The van der Waals surface area contributed by atoms with Gasteiger partial charge in [0.1, 0.15) is 17.9 Å². The van der Waals surface area contributed by atoms with E-state index in [2.05, 4.69) is 31.3 Å². The number of nitrogen functional groups attached to an aromatic ring is 1. The highest BCUT2D eigenvalue weighted by Gasteiger charge is 2.05. The number of hydrogen-bond acceptors (Lipinski definition) is 5. The Morgan fingerprint density at radius 1 is 1.29 bits per heavy atom. The lowest BCUT2D eigenvalue weighted by atomic mass is 10.3. The number of nitrogens with two attached hydrogens (primary N) is 1. The zero-order valence-corrected chi connectivity index (χ0v) is 10.9. The van der Waals surface area contributed by atoms with Crippen molar-refractivity contribution in [1.82, 2.24) is 9.97 Å². The van der Waals surface area contributed by atoms with Crippen LogP contribution in [0.15, 0.2) is 35.1 Å². The Balaban J connectivity index is 2.25. The van der Waals surface area contributed by atoms with Crippen LogP contribution in [0.5, 0.6) is 11.6 Å². The fourth-order valence-corrected chi connectivity index (χ4v) is 1.86. The SMILES string of the molecule is NNc1cc(Oc2ccc(Br)cc2Cl)ncn1. The third kappa shape index (κ3) is 3.06. The van der Waals surface area contributed by atoms with Crippen molar-refractivity contribution in [2.45, 2.75) is 0 Å². The first-order valence-corrected chi connectivity index (χ1v) is 5.77. The van der Waals surface area contributed by atoms with Crippen LogP contribution in [-0.4, -0.2) is 9.97 Å². The van der Waals surface area contributed by atoms with E-state index in [9.17, 15) is 0 Å². The minimum atomic E-state index is 0.358. The highest BCUT2D eigenvalue weighted by molar-refractivity contribution is 9.10. The van der Waals surface area contributed by atoms with Gasteiger partial charge in [0.2, 0.25) is 5.88 Å². The Morgan fingerprint density at radius 2 is 2.12 bits per heavy atom. The van der Waals surface area contributed by atoms with E-state index in [0.717, 1.165) is 4.47 Å². The van der Waals surface area contributed by atoms with Crippen molar-refractivity contribution >= 4 is 33.3 Å². The van der Waals surface area contributed by atoms with E-state index >= 15 is 0 Å². The van der Waals surface area contributed by atoms with Gasteiger partial charge in [-0.3, -0.25) is 0 Å².